The zero-order chi connectivity index (χ0) is 20.5. The Morgan fingerprint density at radius 2 is 2.00 bits per heavy atom. The Kier molecular flexibility index (Phi) is 5.90. The van der Waals surface area contributed by atoms with Crippen molar-refractivity contribution < 1.29 is 13.2 Å². The van der Waals surface area contributed by atoms with E-state index in [1.807, 2.05) is 6.92 Å². The molecule has 1 aromatic heterocycles. The average molecular weight is 405 g/mol. The van der Waals surface area contributed by atoms with Crippen LogP contribution in [0.15, 0.2) is 35.5 Å². The third kappa shape index (κ3) is 3.71. The molecule has 1 amide bonds. The monoisotopic (exact) mass is 404 g/mol. The van der Waals surface area contributed by atoms with Gasteiger partial charge in [-0.15, -0.1) is 0 Å². The summed E-state index contributed by atoms with van der Waals surface area (Å²) < 4.78 is 29.9. The van der Waals surface area contributed by atoms with Gasteiger partial charge in [0.1, 0.15) is 11.2 Å². The van der Waals surface area contributed by atoms with Crippen LogP contribution in [0.1, 0.15) is 49.8 Å². The van der Waals surface area contributed by atoms with E-state index in [0.717, 1.165) is 12.8 Å². The maximum Gasteiger partial charge on any atom is 0.274 e. The van der Waals surface area contributed by atoms with Crippen LogP contribution >= 0.6 is 0 Å². The van der Waals surface area contributed by atoms with Crippen LogP contribution in [-0.4, -0.2) is 53.2 Å². The lowest BCUT2D eigenvalue weighted by molar-refractivity contribution is 0.0788. The van der Waals surface area contributed by atoms with E-state index >= 15 is 0 Å². The summed E-state index contributed by atoms with van der Waals surface area (Å²) in [5.41, 5.74) is 1.47. The van der Waals surface area contributed by atoms with Crippen molar-refractivity contribution in [3.05, 3.63) is 42.0 Å². The first-order chi connectivity index (χ1) is 13.3. The standard InChI is InChI=1S/C20H28N4O3S/c1-5-11-22(4)20(25)19-17-13-23(12-10-15(2)3)28(26,27)18-9-7-6-8-16(18)24(17)14-21-19/h6-9,14-15H,5,10-13H2,1-4H3. The number of amides is 1. The van der Waals surface area contributed by atoms with Gasteiger partial charge in [-0.25, -0.2) is 13.4 Å². The molecule has 1 aromatic carbocycles. The van der Waals surface area contributed by atoms with Gasteiger partial charge in [0, 0.05) is 20.1 Å². The molecule has 0 radical (unpaired) electrons. The Hall–Kier alpha value is -2.19. The third-order valence-electron chi connectivity index (χ3n) is 5.00. The molecule has 28 heavy (non-hydrogen) atoms. The fourth-order valence-corrected chi connectivity index (χ4v) is 4.99. The number of carbonyl (C=O) groups excluding carboxylic acids is 1. The molecule has 8 heteroatoms. The van der Waals surface area contributed by atoms with Crippen LogP contribution < -0.4 is 0 Å². The van der Waals surface area contributed by atoms with Crippen LogP contribution in [0.5, 0.6) is 0 Å². The van der Waals surface area contributed by atoms with Gasteiger partial charge >= 0.3 is 0 Å². The maximum absolute atomic E-state index is 13.3. The van der Waals surface area contributed by atoms with Gasteiger partial charge in [-0.3, -0.25) is 9.36 Å². The van der Waals surface area contributed by atoms with Gasteiger partial charge in [-0.1, -0.05) is 32.9 Å². The van der Waals surface area contributed by atoms with E-state index in [-0.39, 0.29) is 17.3 Å². The highest BCUT2D eigenvalue weighted by molar-refractivity contribution is 7.89. The Balaban J connectivity index is 2.13. The summed E-state index contributed by atoms with van der Waals surface area (Å²) in [7, 11) is -1.92. The van der Waals surface area contributed by atoms with Gasteiger partial charge in [0.2, 0.25) is 10.0 Å². The first kappa shape index (κ1) is 20.5. The highest BCUT2D eigenvalue weighted by Crippen LogP contribution is 2.31. The van der Waals surface area contributed by atoms with Gasteiger partial charge in [0.15, 0.2) is 5.69 Å². The topological polar surface area (TPSA) is 75.5 Å². The summed E-state index contributed by atoms with van der Waals surface area (Å²) in [4.78, 5) is 19.2. The van der Waals surface area contributed by atoms with Crippen molar-refractivity contribution in [3.8, 4) is 5.69 Å². The van der Waals surface area contributed by atoms with E-state index in [1.54, 1.807) is 47.1 Å². The quantitative estimate of drug-likeness (QED) is 0.742. The smallest absolute Gasteiger partial charge is 0.274 e. The lowest BCUT2D eigenvalue weighted by Crippen LogP contribution is -2.33. The van der Waals surface area contributed by atoms with Gasteiger partial charge in [-0.2, -0.15) is 4.31 Å². The number of aromatic nitrogens is 2. The lowest BCUT2D eigenvalue weighted by atomic mass is 10.1. The molecule has 2 aromatic rings. The van der Waals surface area contributed by atoms with E-state index in [0.29, 0.717) is 36.1 Å². The minimum Gasteiger partial charge on any atom is -0.340 e. The number of hydrogen-bond donors (Lipinski definition) is 0. The summed E-state index contributed by atoms with van der Waals surface area (Å²) in [6.45, 7) is 7.29. The SMILES string of the molecule is CCCN(C)C(=O)c1ncn2c1CN(CCC(C)C)S(=O)(=O)c1ccccc1-2. The minimum absolute atomic E-state index is 0.130. The maximum atomic E-state index is 13.3. The first-order valence-electron chi connectivity index (χ1n) is 9.68. The third-order valence-corrected chi connectivity index (χ3v) is 6.89. The predicted molar refractivity (Wildman–Crippen MR) is 108 cm³/mol. The summed E-state index contributed by atoms with van der Waals surface area (Å²) in [6.07, 6.45) is 3.15. The molecular formula is C20H28N4O3S. The molecular weight excluding hydrogens is 376 g/mol. The number of nitrogens with zero attached hydrogens (tertiary/aromatic N) is 4. The Bertz CT molecular complexity index is 966. The number of fused-ring (bicyclic) bond motifs is 3. The fourth-order valence-electron chi connectivity index (χ4n) is 3.40. The summed E-state index contributed by atoms with van der Waals surface area (Å²) in [5.74, 6) is 0.187. The molecule has 3 rings (SSSR count). The summed E-state index contributed by atoms with van der Waals surface area (Å²) in [6, 6.07) is 6.90. The highest BCUT2D eigenvalue weighted by atomic mass is 32.2. The molecule has 1 aliphatic rings. The molecule has 0 saturated heterocycles. The molecule has 152 valence electrons. The predicted octanol–water partition coefficient (Wildman–Crippen LogP) is 2.90. The van der Waals surface area contributed by atoms with Crippen LogP contribution in [0.4, 0.5) is 0 Å². The van der Waals surface area contributed by atoms with E-state index in [2.05, 4.69) is 18.8 Å². The van der Waals surface area contributed by atoms with Crippen LogP contribution in [0.3, 0.4) is 0 Å². The Morgan fingerprint density at radius 1 is 1.29 bits per heavy atom. The highest BCUT2D eigenvalue weighted by Gasteiger charge is 2.35. The van der Waals surface area contributed by atoms with Crippen LogP contribution in [0.2, 0.25) is 0 Å². The summed E-state index contributed by atoms with van der Waals surface area (Å²) >= 11 is 0. The molecule has 0 N–H and O–H groups in total. The van der Waals surface area contributed by atoms with E-state index in [4.69, 9.17) is 0 Å². The minimum atomic E-state index is -3.67. The van der Waals surface area contributed by atoms with Crippen molar-refractivity contribution in [1.82, 2.24) is 18.8 Å². The zero-order valence-corrected chi connectivity index (χ0v) is 17.7. The second-order valence-corrected chi connectivity index (χ2v) is 9.53. The number of hydrogen-bond acceptors (Lipinski definition) is 4. The molecule has 0 spiro atoms. The van der Waals surface area contributed by atoms with Gasteiger partial charge in [0.25, 0.3) is 5.91 Å². The molecule has 0 aliphatic carbocycles. The van der Waals surface area contributed by atoms with Crippen LogP contribution in [0, 0.1) is 5.92 Å². The summed E-state index contributed by atoms with van der Waals surface area (Å²) in [5, 5.41) is 0. The number of rotatable bonds is 6. The molecule has 0 saturated carbocycles. The van der Waals surface area contributed by atoms with Crippen molar-refractivity contribution in [2.45, 2.75) is 45.1 Å². The van der Waals surface area contributed by atoms with Crippen LogP contribution in [-0.2, 0) is 16.6 Å². The molecule has 7 nitrogen and oxygen atoms in total. The van der Waals surface area contributed by atoms with Gasteiger partial charge in [0.05, 0.1) is 17.9 Å². The van der Waals surface area contributed by atoms with Crippen LogP contribution in [0.25, 0.3) is 5.69 Å². The zero-order valence-electron chi connectivity index (χ0n) is 16.9. The van der Waals surface area contributed by atoms with E-state index < -0.39 is 10.0 Å². The molecule has 0 atom stereocenters. The number of para-hydroxylation sites is 1. The first-order valence-corrected chi connectivity index (χ1v) is 11.1. The Morgan fingerprint density at radius 3 is 2.68 bits per heavy atom. The molecule has 0 fully saturated rings. The van der Waals surface area contributed by atoms with Crippen molar-refractivity contribution in [2.75, 3.05) is 20.1 Å². The van der Waals surface area contributed by atoms with Crippen molar-refractivity contribution in [1.29, 1.82) is 0 Å². The van der Waals surface area contributed by atoms with Gasteiger partial charge in [-0.05, 0) is 30.9 Å². The molecule has 1 aliphatic heterocycles. The van der Waals surface area contributed by atoms with Crippen molar-refractivity contribution in [2.24, 2.45) is 5.92 Å². The number of imidazole rings is 1. The molecule has 0 unspecified atom stereocenters. The van der Waals surface area contributed by atoms with Crippen molar-refractivity contribution >= 4 is 15.9 Å². The Labute approximate surface area is 167 Å². The largest absolute Gasteiger partial charge is 0.340 e. The lowest BCUT2D eigenvalue weighted by Gasteiger charge is -2.22. The van der Waals surface area contributed by atoms with E-state index in [9.17, 15) is 13.2 Å². The normalized spacial score (nSPS) is 15.8. The second-order valence-electron chi connectivity index (χ2n) is 7.63. The fraction of sp³-hybridized carbons (Fsp3) is 0.500. The molecule has 2 heterocycles. The number of benzene rings is 1. The second kappa shape index (κ2) is 8.05. The number of carbonyl (C=O) groups is 1. The molecule has 0 bridgehead atoms. The van der Waals surface area contributed by atoms with E-state index in [1.165, 1.54) is 4.31 Å². The average Bonchev–Trinajstić information content (AvgIpc) is 3.04. The van der Waals surface area contributed by atoms with Gasteiger partial charge < -0.3 is 4.90 Å². The van der Waals surface area contributed by atoms with Crippen molar-refractivity contribution in [3.63, 3.8) is 0 Å². The number of sulfonamides is 1.